The molecule has 142 valence electrons. The highest BCUT2D eigenvalue weighted by molar-refractivity contribution is 7.12. The first kappa shape index (κ1) is 18.3. The van der Waals surface area contributed by atoms with Gasteiger partial charge in [-0.3, -0.25) is 14.5 Å². The highest BCUT2D eigenvalue weighted by atomic mass is 32.1. The average molecular weight is 393 g/mol. The maximum absolute atomic E-state index is 13.1. The van der Waals surface area contributed by atoms with Gasteiger partial charge in [-0.15, -0.1) is 11.3 Å². The summed E-state index contributed by atoms with van der Waals surface area (Å²) in [6.45, 7) is 3.85. The normalized spacial score (nSPS) is 16.9. The van der Waals surface area contributed by atoms with Crippen LogP contribution in [0.1, 0.15) is 39.7 Å². The molecule has 0 saturated heterocycles. The van der Waals surface area contributed by atoms with Crippen LogP contribution in [0.4, 0.5) is 5.69 Å². The lowest BCUT2D eigenvalue weighted by Crippen LogP contribution is -2.30. The zero-order valence-corrected chi connectivity index (χ0v) is 16.3. The molecule has 0 spiro atoms. The molecule has 0 aliphatic carbocycles. The largest absolute Gasteiger partial charge is 0.503 e. The van der Waals surface area contributed by atoms with E-state index in [9.17, 15) is 14.7 Å². The number of hydrogen-bond acceptors (Lipinski definition) is 5. The first-order chi connectivity index (χ1) is 13.5. The Morgan fingerprint density at radius 3 is 2.50 bits per heavy atom. The van der Waals surface area contributed by atoms with Crippen LogP contribution in [0.2, 0.25) is 0 Å². The van der Waals surface area contributed by atoms with Crippen LogP contribution in [0, 0.1) is 6.92 Å². The molecule has 28 heavy (non-hydrogen) atoms. The molecule has 1 aliphatic heterocycles. The van der Waals surface area contributed by atoms with Gasteiger partial charge in [-0.05, 0) is 54.6 Å². The number of anilines is 1. The fourth-order valence-electron chi connectivity index (χ4n) is 3.41. The highest BCUT2D eigenvalue weighted by Crippen LogP contribution is 2.42. The Balaban J connectivity index is 1.84. The van der Waals surface area contributed by atoms with E-state index in [4.69, 9.17) is 4.42 Å². The number of nitrogens with zero attached hydrogens (tertiary/aromatic N) is 1. The SMILES string of the molecule is CCc1ccc(N2C(=O)C(O)=C(C(=O)c3cccs3)C2c2ccc(C)o2)cc1. The van der Waals surface area contributed by atoms with E-state index in [0.717, 1.165) is 12.0 Å². The number of furan rings is 1. The minimum atomic E-state index is -0.816. The van der Waals surface area contributed by atoms with Gasteiger partial charge in [0.15, 0.2) is 5.76 Å². The zero-order valence-electron chi connectivity index (χ0n) is 15.5. The number of ketones is 1. The minimum Gasteiger partial charge on any atom is -0.503 e. The van der Waals surface area contributed by atoms with Crippen molar-refractivity contribution in [3.8, 4) is 0 Å². The second-order valence-corrected chi connectivity index (χ2v) is 7.56. The number of carbonyl (C=O) groups excluding carboxylic acids is 2. The van der Waals surface area contributed by atoms with Gasteiger partial charge in [0, 0.05) is 5.69 Å². The van der Waals surface area contributed by atoms with Gasteiger partial charge in [-0.1, -0.05) is 25.1 Å². The summed E-state index contributed by atoms with van der Waals surface area (Å²) in [6, 6.07) is 13.7. The molecule has 0 bridgehead atoms. The van der Waals surface area contributed by atoms with E-state index in [-0.39, 0.29) is 11.4 Å². The maximum atomic E-state index is 13.1. The predicted octanol–water partition coefficient (Wildman–Crippen LogP) is 4.99. The molecule has 3 heterocycles. The third-order valence-corrected chi connectivity index (χ3v) is 5.72. The van der Waals surface area contributed by atoms with Gasteiger partial charge < -0.3 is 9.52 Å². The summed E-state index contributed by atoms with van der Waals surface area (Å²) >= 11 is 1.27. The standard InChI is InChI=1S/C22H19NO4S/c1-3-14-7-9-15(10-8-14)23-19(16-11-6-13(2)27-16)18(21(25)22(23)26)20(24)17-5-4-12-28-17/h4-12,19,25H,3H2,1-2H3. The minimum absolute atomic E-state index is 0.0429. The number of aryl methyl sites for hydroxylation is 2. The number of thiophene rings is 1. The van der Waals surface area contributed by atoms with Gasteiger partial charge >= 0.3 is 0 Å². The van der Waals surface area contributed by atoms with Crippen molar-refractivity contribution >= 4 is 28.7 Å². The summed E-state index contributed by atoms with van der Waals surface area (Å²) in [5, 5.41) is 12.4. The van der Waals surface area contributed by atoms with Gasteiger partial charge in [-0.2, -0.15) is 0 Å². The van der Waals surface area contributed by atoms with E-state index < -0.39 is 17.7 Å². The van der Waals surface area contributed by atoms with Crippen LogP contribution in [0.15, 0.2) is 69.7 Å². The van der Waals surface area contributed by atoms with Gasteiger partial charge in [0.2, 0.25) is 5.78 Å². The number of aliphatic hydroxyl groups excluding tert-OH is 1. The summed E-state index contributed by atoms with van der Waals surface area (Å²) in [5.74, 6) is -0.403. The fourth-order valence-corrected chi connectivity index (χ4v) is 4.08. The summed E-state index contributed by atoms with van der Waals surface area (Å²) in [4.78, 5) is 28.0. The second kappa shape index (κ2) is 7.13. The van der Waals surface area contributed by atoms with Crippen molar-refractivity contribution in [3.63, 3.8) is 0 Å². The van der Waals surface area contributed by atoms with Crippen molar-refractivity contribution in [1.29, 1.82) is 0 Å². The lowest BCUT2D eigenvalue weighted by Gasteiger charge is -2.25. The van der Waals surface area contributed by atoms with E-state index in [1.54, 1.807) is 36.6 Å². The van der Waals surface area contributed by atoms with E-state index in [1.807, 2.05) is 24.3 Å². The number of amides is 1. The van der Waals surface area contributed by atoms with Crippen LogP contribution in [-0.2, 0) is 11.2 Å². The van der Waals surface area contributed by atoms with Gasteiger partial charge in [0.05, 0.1) is 10.5 Å². The molecule has 5 nitrogen and oxygen atoms in total. The molecule has 1 aromatic carbocycles. The molecule has 0 saturated carbocycles. The molecule has 1 amide bonds. The number of hydrogen-bond donors (Lipinski definition) is 1. The number of aliphatic hydroxyl groups is 1. The molecule has 6 heteroatoms. The lowest BCUT2D eigenvalue weighted by molar-refractivity contribution is -0.117. The Morgan fingerprint density at radius 2 is 1.93 bits per heavy atom. The molecule has 1 unspecified atom stereocenters. The summed E-state index contributed by atoms with van der Waals surface area (Å²) in [5.41, 5.74) is 1.77. The lowest BCUT2D eigenvalue weighted by atomic mass is 10.00. The monoisotopic (exact) mass is 393 g/mol. The molecule has 1 N–H and O–H groups in total. The van der Waals surface area contributed by atoms with E-state index in [2.05, 4.69) is 6.92 Å². The Bertz CT molecular complexity index is 1060. The van der Waals surface area contributed by atoms with Crippen LogP contribution >= 0.6 is 11.3 Å². The molecule has 0 radical (unpaired) electrons. The van der Waals surface area contributed by atoms with Crippen LogP contribution < -0.4 is 4.90 Å². The van der Waals surface area contributed by atoms with Crippen LogP contribution in [0.5, 0.6) is 0 Å². The van der Waals surface area contributed by atoms with Crippen molar-refractivity contribution in [1.82, 2.24) is 0 Å². The molecular weight excluding hydrogens is 374 g/mol. The average Bonchev–Trinajstić information content (AvgIpc) is 3.43. The molecule has 1 atom stereocenters. The molecule has 0 fully saturated rings. The predicted molar refractivity (Wildman–Crippen MR) is 108 cm³/mol. The van der Waals surface area contributed by atoms with Crippen molar-refractivity contribution in [2.75, 3.05) is 4.90 Å². The molecule has 4 rings (SSSR count). The third kappa shape index (κ3) is 2.96. The number of benzene rings is 1. The van der Waals surface area contributed by atoms with Crippen molar-refractivity contribution in [2.24, 2.45) is 0 Å². The first-order valence-corrected chi connectivity index (χ1v) is 9.89. The van der Waals surface area contributed by atoms with E-state index in [0.29, 0.717) is 22.1 Å². The Kier molecular flexibility index (Phi) is 4.65. The molecule has 2 aromatic heterocycles. The second-order valence-electron chi connectivity index (χ2n) is 6.61. The van der Waals surface area contributed by atoms with Crippen molar-refractivity contribution < 1.29 is 19.1 Å². The number of rotatable bonds is 5. The van der Waals surface area contributed by atoms with E-state index in [1.165, 1.54) is 16.2 Å². The highest BCUT2D eigenvalue weighted by Gasteiger charge is 2.46. The Morgan fingerprint density at radius 1 is 1.18 bits per heavy atom. The molecule has 3 aromatic rings. The van der Waals surface area contributed by atoms with Crippen molar-refractivity contribution in [3.05, 3.63) is 87.2 Å². The summed E-state index contributed by atoms with van der Waals surface area (Å²) in [7, 11) is 0. The summed E-state index contributed by atoms with van der Waals surface area (Å²) in [6.07, 6.45) is 0.876. The van der Waals surface area contributed by atoms with Gasteiger partial charge in [-0.25, -0.2) is 0 Å². The van der Waals surface area contributed by atoms with Gasteiger partial charge in [0.25, 0.3) is 5.91 Å². The van der Waals surface area contributed by atoms with Crippen molar-refractivity contribution in [2.45, 2.75) is 26.3 Å². The topological polar surface area (TPSA) is 70.8 Å². The van der Waals surface area contributed by atoms with Gasteiger partial charge in [0.1, 0.15) is 17.6 Å². The fraction of sp³-hybridized carbons (Fsp3) is 0.182. The first-order valence-electron chi connectivity index (χ1n) is 9.01. The van der Waals surface area contributed by atoms with E-state index >= 15 is 0 Å². The van der Waals surface area contributed by atoms with Crippen LogP contribution in [0.25, 0.3) is 0 Å². The van der Waals surface area contributed by atoms with Crippen LogP contribution in [-0.4, -0.2) is 16.8 Å². The van der Waals surface area contributed by atoms with Crippen LogP contribution in [0.3, 0.4) is 0 Å². The smallest absolute Gasteiger partial charge is 0.294 e. The Labute approximate surface area is 166 Å². The zero-order chi connectivity index (χ0) is 19.8. The molecule has 1 aliphatic rings. The third-order valence-electron chi connectivity index (χ3n) is 4.85. The number of Topliss-reactive ketones (excluding diaryl/α,β-unsaturated/α-hetero) is 1. The molecular formula is C22H19NO4S. The maximum Gasteiger partial charge on any atom is 0.294 e. The summed E-state index contributed by atoms with van der Waals surface area (Å²) < 4.78 is 5.77. The Hall–Kier alpha value is -3.12. The number of carbonyl (C=O) groups is 2. The quantitative estimate of drug-likeness (QED) is 0.620.